The number of nitrogens with one attached hydrogen (secondary N) is 2. The number of hydrogen-bond donors (Lipinski definition) is 2. The Morgan fingerprint density at radius 2 is 1.50 bits per heavy atom. The number of amides is 2. The standard InChI is InChI=1S/C31H38N4O2S/c1-21-4-2-3-5-27(21)29(37)35-12-10-34(11-13-35)26-8-6-25(7-9-26)32-30(38)33-28(36)20-31-17-22-14-23(18-31)16-24(15-22)19-31/h2-9,22-24H,10-20H2,1H3,(H2,32,33,36,38). The zero-order chi connectivity index (χ0) is 26.3. The molecule has 0 radical (unpaired) electrons. The number of aryl methyl sites for hydroxylation is 1. The van der Waals surface area contributed by atoms with Crippen LogP contribution in [0.1, 0.15) is 60.9 Å². The van der Waals surface area contributed by atoms with E-state index in [1.165, 1.54) is 38.5 Å². The van der Waals surface area contributed by atoms with Crippen molar-refractivity contribution in [1.29, 1.82) is 0 Å². The molecule has 0 unspecified atom stereocenters. The average Bonchev–Trinajstić information content (AvgIpc) is 2.88. The molecule has 1 aliphatic heterocycles. The van der Waals surface area contributed by atoms with E-state index in [9.17, 15) is 9.59 Å². The molecule has 200 valence electrons. The van der Waals surface area contributed by atoms with Gasteiger partial charge in [0, 0.05) is 49.5 Å². The first-order valence-electron chi connectivity index (χ1n) is 14.2. The number of thiocarbonyl (C=S) groups is 1. The number of benzene rings is 2. The number of rotatable bonds is 5. The van der Waals surface area contributed by atoms with E-state index in [4.69, 9.17) is 12.2 Å². The molecular formula is C31H38N4O2S. The van der Waals surface area contributed by atoms with Crippen LogP contribution in [-0.2, 0) is 4.79 Å². The molecule has 2 amide bonds. The van der Waals surface area contributed by atoms with Crippen molar-refractivity contribution in [3.8, 4) is 0 Å². The summed E-state index contributed by atoms with van der Waals surface area (Å²) in [6, 6.07) is 15.9. The maximum absolute atomic E-state index is 12.9. The van der Waals surface area contributed by atoms with Gasteiger partial charge in [0.25, 0.3) is 5.91 Å². The number of anilines is 2. The monoisotopic (exact) mass is 530 g/mol. The molecule has 38 heavy (non-hydrogen) atoms. The molecule has 7 heteroatoms. The second kappa shape index (κ2) is 10.3. The van der Waals surface area contributed by atoms with Gasteiger partial charge >= 0.3 is 0 Å². The Kier molecular flexibility index (Phi) is 6.89. The van der Waals surface area contributed by atoms with Crippen LogP contribution in [0.3, 0.4) is 0 Å². The topological polar surface area (TPSA) is 64.7 Å². The summed E-state index contributed by atoms with van der Waals surface area (Å²) in [6.07, 6.45) is 8.44. The highest BCUT2D eigenvalue weighted by Gasteiger charge is 2.51. The van der Waals surface area contributed by atoms with Gasteiger partial charge in [-0.3, -0.25) is 9.59 Å². The first-order chi connectivity index (χ1) is 18.4. The van der Waals surface area contributed by atoms with Crippen LogP contribution in [0.2, 0.25) is 0 Å². The Morgan fingerprint density at radius 3 is 2.11 bits per heavy atom. The first-order valence-corrected chi connectivity index (χ1v) is 14.6. The van der Waals surface area contributed by atoms with Crippen molar-refractivity contribution >= 4 is 40.5 Å². The van der Waals surface area contributed by atoms with Crippen LogP contribution < -0.4 is 15.5 Å². The maximum atomic E-state index is 12.9. The Hall–Kier alpha value is -2.93. The van der Waals surface area contributed by atoms with Crippen molar-refractivity contribution in [1.82, 2.24) is 10.2 Å². The lowest BCUT2D eigenvalue weighted by atomic mass is 9.49. The van der Waals surface area contributed by atoms with Gasteiger partial charge in [-0.15, -0.1) is 0 Å². The fourth-order valence-corrected chi connectivity index (χ4v) is 8.32. The summed E-state index contributed by atoms with van der Waals surface area (Å²) in [7, 11) is 0. The summed E-state index contributed by atoms with van der Waals surface area (Å²) in [5.41, 5.74) is 4.00. The van der Waals surface area contributed by atoms with E-state index >= 15 is 0 Å². The molecule has 5 fully saturated rings. The predicted molar refractivity (Wildman–Crippen MR) is 155 cm³/mol. The van der Waals surface area contributed by atoms with E-state index in [1.807, 2.05) is 48.2 Å². The van der Waals surface area contributed by atoms with Crippen molar-refractivity contribution in [2.75, 3.05) is 36.4 Å². The zero-order valence-electron chi connectivity index (χ0n) is 22.2. The number of nitrogens with zero attached hydrogens (tertiary/aromatic N) is 2. The molecule has 2 aromatic rings. The summed E-state index contributed by atoms with van der Waals surface area (Å²) in [6.45, 7) is 4.98. The van der Waals surface area contributed by atoms with E-state index in [2.05, 4.69) is 27.7 Å². The fraction of sp³-hybridized carbons (Fsp3) is 0.516. The van der Waals surface area contributed by atoms with Crippen molar-refractivity contribution in [2.45, 2.75) is 51.9 Å². The van der Waals surface area contributed by atoms with Gasteiger partial charge < -0.3 is 20.4 Å². The molecule has 0 aromatic heterocycles. The lowest BCUT2D eigenvalue weighted by Gasteiger charge is -2.56. The maximum Gasteiger partial charge on any atom is 0.254 e. The van der Waals surface area contributed by atoms with Crippen LogP contribution >= 0.6 is 12.2 Å². The lowest BCUT2D eigenvalue weighted by Crippen LogP contribution is -2.49. The quantitative estimate of drug-likeness (QED) is 0.509. The third kappa shape index (κ3) is 5.31. The van der Waals surface area contributed by atoms with Gasteiger partial charge in [-0.05, 0) is 117 Å². The molecule has 4 saturated carbocycles. The zero-order valence-corrected chi connectivity index (χ0v) is 23.1. The Morgan fingerprint density at radius 1 is 0.895 bits per heavy atom. The Labute approximate surface area is 231 Å². The molecule has 7 rings (SSSR count). The summed E-state index contributed by atoms with van der Waals surface area (Å²) in [5.74, 6) is 2.69. The van der Waals surface area contributed by atoms with Gasteiger partial charge in [-0.2, -0.15) is 0 Å². The van der Waals surface area contributed by atoms with E-state index in [0.717, 1.165) is 53.3 Å². The largest absolute Gasteiger partial charge is 0.368 e. The molecule has 4 bridgehead atoms. The molecule has 2 aromatic carbocycles. The predicted octanol–water partition coefficient (Wildman–Crippen LogP) is 5.38. The van der Waals surface area contributed by atoms with E-state index in [1.54, 1.807) is 0 Å². The number of carbonyl (C=O) groups is 2. The van der Waals surface area contributed by atoms with Gasteiger partial charge in [0.05, 0.1) is 0 Å². The molecule has 2 N–H and O–H groups in total. The lowest BCUT2D eigenvalue weighted by molar-refractivity contribution is -0.127. The first kappa shape index (κ1) is 25.4. The highest BCUT2D eigenvalue weighted by molar-refractivity contribution is 7.80. The second-order valence-corrected chi connectivity index (χ2v) is 12.6. The molecule has 0 spiro atoms. The summed E-state index contributed by atoms with van der Waals surface area (Å²) < 4.78 is 0. The van der Waals surface area contributed by atoms with Crippen molar-refractivity contribution in [3.05, 3.63) is 59.7 Å². The Balaban J connectivity index is 0.978. The van der Waals surface area contributed by atoms with Crippen LogP contribution in [0.5, 0.6) is 0 Å². The molecular weight excluding hydrogens is 492 g/mol. The van der Waals surface area contributed by atoms with Gasteiger partial charge in [0.15, 0.2) is 5.11 Å². The summed E-state index contributed by atoms with van der Waals surface area (Å²) in [4.78, 5) is 30.1. The van der Waals surface area contributed by atoms with E-state index in [-0.39, 0.29) is 17.2 Å². The molecule has 1 heterocycles. The van der Waals surface area contributed by atoms with E-state index in [0.29, 0.717) is 24.6 Å². The van der Waals surface area contributed by atoms with Crippen LogP contribution in [0.4, 0.5) is 11.4 Å². The van der Waals surface area contributed by atoms with Gasteiger partial charge in [-0.25, -0.2) is 0 Å². The van der Waals surface area contributed by atoms with Gasteiger partial charge in [-0.1, -0.05) is 18.2 Å². The average molecular weight is 531 g/mol. The van der Waals surface area contributed by atoms with E-state index < -0.39 is 0 Å². The van der Waals surface area contributed by atoms with Crippen LogP contribution in [0.25, 0.3) is 0 Å². The van der Waals surface area contributed by atoms with Crippen LogP contribution in [0, 0.1) is 30.1 Å². The Bertz CT molecular complexity index is 1180. The molecule has 6 nitrogen and oxygen atoms in total. The van der Waals surface area contributed by atoms with Crippen LogP contribution in [0.15, 0.2) is 48.5 Å². The van der Waals surface area contributed by atoms with Crippen molar-refractivity contribution < 1.29 is 9.59 Å². The van der Waals surface area contributed by atoms with Crippen molar-refractivity contribution in [3.63, 3.8) is 0 Å². The highest BCUT2D eigenvalue weighted by atomic mass is 32.1. The minimum atomic E-state index is 0.0548. The molecule has 5 aliphatic rings. The molecule has 0 atom stereocenters. The minimum absolute atomic E-state index is 0.0548. The number of hydrogen-bond acceptors (Lipinski definition) is 4. The van der Waals surface area contributed by atoms with Gasteiger partial charge in [0.2, 0.25) is 5.91 Å². The third-order valence-corrected chi connectivity index (χ3v) is 9.59. The minimum Gasteiger partial charge on any atom is -0.368 e. The fourth-order valence-electron chi connectivity index (χ4n) is 8.09. The second-order valence-electron chi connectivity index (χ2n) is 12.2. The van der Waals surface area contributed by atoms with Crippen LogP contribution in [-0.4, -0.2) is 48.0 Å². The number of carbonyl (C=O) groups excluding carboxylic acids is 2. The van der Waals surface area contributed by atoms with Crippen molar-refractivity contribution in [2.24, 2.45) is 23.2 Å². The third-order valence-electron chi connectivity index (χ3n) is 9.39. The summed E-state index contributed by atoms with van der Waals surface area (Å²) in [5, 5.41) is 6.50. The highest BCUT2D eigenvalue weighted by Crippen LogP contribution is 2.61. The van der Waals surface area contributed by atoms with Gasteiger partial charge in [0.1, 0.15) is 0 Å². The SMILES string of the molecule is Cc1ccccc1C(=O)N1CCN(c2ccc(NC(=S)NC(=O)CC34CC5CC(CC(C5)C3)C4)cc2)CC1. The normalized spacial score (nSPS) is 27.8. The summed E-state index contributed by atoms with van der Waals surface area (Å²) >= 11 is 5.48. The molecule has 1 saturated heterocycles. The smallest absolute Gasteiger partial charge is 0.254 e. The number of piperazine rings is 1. The molecule has 4 aliphatic carbocycles.